The van der Waals surface area contributed by atoms with Gasteiger partial charge in [0.25, 0.3) is 0 Å². The van der Waals surface area contributed by atoms with Crippen molar-refractivity contribution in [2.24, 2.45) is 5.73 Å². The van der Waals surface area contributed by atoms with Gasteiger partial charge in [0.1, 0.15) is 6.61 Å². The van der Waals surface area contributed by atoms with Gasteiger partial charge in [0.15, 0.2) is 0 Å². The summed E-state index contributed by atoms with van der Waals surface area (Å²) in [7, 11) is 1.52. The first-order chi connectivity index (χ1) is 8.33. The maximum absolute atomic E-state index is 11.8. The number of hydrogen-bond donors (Lipinski definition) is 1. The second-order valence-corrected chi connectivity index (χ2v) is 4.17. The Labute approximate surface area is 103 Å². The second-order valence-electron chi connectivity index (χ2n) is 4.17. The summed E-state index contributed by atoms with van der Waals surface area (Å²) in [5, 5.41) is 0. The fourth-order valence-corrected chi connectivity index (χ4v) is 1.95. The molecule has 1 amide bonds. The molecule has 0 spiro atoms. The molecule has 0 aromatic rings. The highest BCUT2D eigenvalue weighted by molar-refractivity contribution is 5.80. The smallest absolute Gasteiger partial charge is 0.380 e. The van der Waals surface area contributed by atoms with Gasteiger partial charge >= 0.3 is 6.18 Å². The van der Waals surface area contributed by atoms with Crippen LogP contribution in [-0.4, -0.2) is 62.5 Å². The van der Waals surface area contributed by atoms with Crippen LogP contribution >= 0.6 is 0 Å². The van der Waals surface area contributed by atoms with E-state index in [2.05, 4.69) is 4.74 Å². The number of alkyl halides is 3. The predicted octanol–water partition coefficient (Wildman–Crippen LogP) is 0.140. The van der Waals surface area contributed by atoms with Crippen LogP contribution in [0.3, 0.4) is 0 Å². The number of carbonyl (C=O) groups is 1. The molecule has 0 aromatic carbocycles. The van der Waals surface area contributed by atoms with Gasteiger partial charge in [-0.25, -0.2) is 0 Å². The number of likely N-dealkylation sites (tertiary alicyclic amines) is 1. The van der Waals surface area contributed by atoms with Gasteiger partial charge in [-0.1, -0.05) is 0 Å². The van der Waals surface area contributed by atoms with E-state index in [1.54, 1.807) is 4.90 Å². The van der Waals surface area contributed by atoms with E-state index in [9.17, 15) is 18.0 Å². The number of carbonyl (C=O) groups excluding carboxylic acids is 1. The number of hydrogen-bond acceptors (Lipinski definition) is 4. The molecule has 2 N–H and O–H groups in total. The van der Waals surface area contributed by atoms with E-state index in [0.717, 1.165) is 0 Å². The zero-order chi connectivity index (χ0) is 13.8. The molecule has 18 heavy (non-hydrogen) atoms. The Morgan fingerprint density at radius 1 is 1.50 bits per heavy atom. The van der Waals surface area contributed by atoms with Gasteiger partial charge < -0.3 is 15.2 Å². The van der Waals surface area contributed by atoms with Gasteiger partial charge in [-0.15, -0.1) is 0 Å². The molecule has 0 saturated carbocycles. The summed E-state index contributed by atoms with van der Waals surface area (Å²) in [5.41, 5.74) is 5.22. The molecule has 1 rings (SSSR count). The van der Waals surface area contributed by atoms with Crippen molar-refractivity contribution in [3.05, 3.63) is 0 Å². The molecule has 0 unspecified atom stereocenters. The van der Waals surface area contributed by atoms with Gasteiger partial charge in [0.05, 0.1) is 18.8 Å². The second kappa shape index (κ2) is 6.35. The summed E-state index contributed by atoms with van der Waals surface area (Å²) in [6, 6.07) is -0.496. The Morgan fingerprint density at radius 3 is 2.67 bits per heavy atom. The molecular weight excluding hydrogens is 253 g/mol. The van der Waals surface area contributed by atoms with Crippen molar-refractivity contribution in [3.8, 4) is 0 Å². The lowest BCUT2D eigenvalue weighted by molar-refractivity contribution is -0.174. The average molecular weight is 270 g/mol. The molecule has 5 nitrogen and oxygen atoms in total. The molecule has 0 aromatic heterocycles. The summed E-state index contributed by atoms with van der Waals surface area (Å²) in [6.45, 7) is -0.682. The number of methoxy groups -OCH3 is 1. The van der Waals surface area contributed by atoms with Crippen LogP contribution in [0.1, 0.15) is 6.42 Å². The maximum atomic E-state index is 11.8. The Balaban J connectivity index is 2.33. The standard InChI is InChI=1S/C10H17F3N2O3/c1-17-7-4-8(9(14)16)15(5-7)2-3-18-6-10(11,12)13/h7-8H,2-6H2,1H3,(H2,14,16)/t7-,8-/m0/s1. The van der Waals surface area contributed by atoms with Crippen molar-refractivity contribution in [2.75, 3.05) is 33.4 Å². The first-order valence-corrected chi connectivity index (χ1v) is 5.54. The predicted molar refractivity (Wildman–Crippen MR) is 56.8 cm³/mol. The third-order valence-electron chi connectivity index (χ3n) is 2.82. The van der Waals surface area contributed by atoms with Crippen LogP contribution in [0.2, 0.25) is 0 Å². The van der Waals surface area contributed by atoms with E-state index in [-0.39, 0.29) is 19.3 Å². The van der Waals surface area contributed by atoms with Crippen LogP contribution in [0, 0.1) is 0 Å². The van der Waals surface area contributed by atoms with Gasteiger partial charge in [-0.3, -0.25) is 9.69 Å². The fourth-order valence-electron chi connectivity index (χ4n) is 1.95. The molecule has 1 fully saturated rings. The molecule has 0 aliphatic carbocycles. The Bertz CT molecular complexity index is 286. The van der Waals surface area contributed by atoms with Gasteiger partial charge in [-0.05, 0) is 6.42 Å². The van der Waals surface area contributed by atoms with Crippen molar-refractivity contribution >= 4 is 5.91 Å². The monoisotopic (exact) mass is 270 g/mol. The molecule has 1 saturated heterocycles. The number of primary amides is 1. The Kier molecular flexibility index (Phi) is 5.36. The third kappa shape index (κ3) is 4.79. The molecule has 1 aliphatic rings. The van der Waals surface area contributed by atoms with Crippen molar-refractivity contribution in [2.45, 2.75) is 24.7 Å². The SMILES string of the molecule is CO[C@H]1C[C@@H](C(N)=O)N(CCOCC(F)(F)F)C1. The Morgan fingerprint density at radius 2 is 2.17 bits per heavy atom. The number of halogens is 3. The zero-order valence-corrected chi connectivity index (χ0v) is 10.1. The Hall–Kier alpha value is -0.860. The molecule has 0 radical (unpaired) electrons. The largest absolute Gasteiger partial charge is 0.411 e. The van der Waals surface area contributed by atoms with Crippen LogP contribution in [0.4, 0.5) is 13.2 Å². The number of rotatable bonds is 6. The normalized spacial score (nSPS) is 25.6. The van der Waals surface area contributed by atoms with E-state index in [4.69, 9.17) is 10.5 Å². The van der Waals surface area contributed by atoms with Gasteiger partial charge in [-0.2, -0.15) is 13.2 Å². The van der Waals surface area contributed by atoms with E-state index in [1.165, 1.54) is 7.11 Å². The van der Waals surface area contributed by atoms with Crippen LogP contribution in [0.15, 0.2) is 0 Å². The maximum Gasteiger partial charge on any atom is 0.411 e. The fraction of sp³-hybridized carbons (Fsp3) is 0.900. The average Bonchev–Trinajstić information content (AvgIpc) is 2.66. The number of nitrogens with zero attached hydrogens (tertiary/aromatic N) is 1. The van der Waals surface area contributed by atoms with Gasteiger partial charge in [0, 0.05) is 20.2 Å². The summed E-state index contributed by atoms with van der Waals surface area (Å²) >= 11 is 0. The highest BCUT2D eigenvalue weighted by atomic mass is 19.4. The van der Waals surface area contributed by atoms with Crippen molar-refractivity contribution < 1.29 is 27.4 Å². The number of nitrogens with two attached hydrogens (primary N) is 1. The van der Waals surface area contributed by atoms with Crippen molar-refractivity contribution in [1.82, 2.24) is 4.90 Å². The van der Waals surface area contributed by atoms with Crippen molar-refractivity contribution in [3.63, 3.8) is 0 Å². The van der Waals surface area contributed by atoms with E-state index < -0.39 is 24.7 Å². The van der Waals surface area contributed by atoms with Crippen LogP contribution < -0.4 is 5.73 Å². The topological polar surface area (TPSA) is 64.8 Å². The third-order valence-corrected chi connectivity index (χ3v) is 2.82. The molecule has 2 atom stereocenters. The minimum Gasteiger partial charge on any atom is -0.380 e. The molecule has 1 heterocycles. The van der Waals surface area contributed by atoms with Crippen LogP contribution in [-0.2, 0) is 14.3 Å². The zero-order valence-electron chi connectivity index (χ0n) is 10.1. The summed E-state index contributed by atoms with van der Waals surface area (Å²) in [5.74, 6) is -0.495. The molecule has 8 heteroatoms. The van der Waals surface area contributed by atoms with Crippen molar-refractivity contribution in [1.29, 1.82) is 0 Å². The molecule has 0 bridgehead atoms. The molecule has 106 valence electrons. The van der Waals surface area contributed by atoms with Gasteiger partial charge in [0.2, 0.25) is 5.91 Å². The number of amides is 1. The van der Waals surface area contributed by atoms with Crippen LogP contribution in [0.5, 0.6) is 0 Å². The van der Waals surface area contributed by atoms with E-state index >= 15 is 0 Å². The first kappa shape index (κ1) is 15.2. The highest BCUT2D eigenvalue weighted by Crippen LogP contribution is 2.19. The minimum atomic E-state index is -4.33. The van der Waals surface area contributed by atoms with E-state index in [1.807, 2.05) is 0 Å². The first-order valence-electron chi connectivity index (χ1n) is 5.54. The molecular formula is C10H17F3N2O3. The van der Waals surface area contributed by atoms with E-state index in [0.29, 0.717) is 13.0 Å². The number of ether oxygens (including phenoxy) is 2. The lowest BCUT2D eigenvalue weighted by atomic mass is 10.2. The van der Waals surface area contributed by atoms with Crippen LogP contribution in [0.25, 0.3) is 0 Å². The lowest BCUT2D eigenvalue weighted by Crippen LogP contribution is -2.42. The quantitative estimate of drug-likeness (QED) is 0.697. The summed E-state index contributed by atoms with van der Waals surface area (Å²) in [4.78, 5) is 12.9. The minimum absolute atomic E-state index is 0.0975. The summed E-state index contributed by atoms with van der Waals surface area (Å²) in [6.07, 6.45) is -3.99. The summed E-state index contributed by atoms with van der Waals surface area (Å²) < 4.78 is 45.1. The highest BCUT2D eigenvalue weighted by Gasteiger charge is 2.35. The lowest BCUT2D eigenvalue weighted by Gasteiger charge is -2.21. The molecule has 1 aliphatic heterocycles.